The van der Waals surface area contributed by atoms with Crippen LogP contribution in [-0.4, -0.2) is 43.6 Å². The lowest BCUT2D eigenvalue weighted by Gasteiger charge is -2.29. The SMILES string of the molecule is CN=C(NN)NC(C)CN1CCCCC1. The van der Waals surface area contributed by atoms with Crippen LogP contribution in [0.25, 0.3) is 0 Å². The molecule has 0 radical (unpaired) electrons. The van der Waals surface area contributed by atoms with E-state index in [0.717, 1.165) is 6.54 Å². The van der Waals surface area contributed by atoms with Gasteiger partial charge in [0.25, 0.3) is 0 Å². The topological polar surface area (TPSA) is 65.7 Å². The predicted molar refractivity (Wildman–Crippen MR) is 63.6 cm³/mol. The van der Waals surface area contributed by atoms with Gasteiger partial charge >= 0.3 is 0 Å². The highest BCUT2D eigenvalue weighted by Gasteiger charge is 2.13. The van der Waals surface area contributed by atoms with Crippen LogP contribution in [0.1, 0.15) is 26.2 Å². The second-order valence-corrected chi connectivity index (χ2v) is 4.12. The molecule has 5 nitrogen and oxygen atoms in total. The van der Waals surface area contributed by atoms with Crippen LogP contribution in [0, 0.1) is 0 Å². The molecule has 1 aliphatic heterocycles. The summed E-state index contributed by atoms with van der Waals surface area (Å²) in [6, 6.07) is 0.373. The normalized spacial score (nSPS) is 21.1. The molecule has 1 fully saturated rings. The van der Waals surface area contributed by atoms with E-state index in [-0.39, 0.29) is 0 Å². The molecule has 4 N–H and O–H groups in total. The Balaban J connectivity index is 2.24. The van der Waals surface area contributed by atoms with Gasteiger partial charge in [0.15, 0.2) is 0 Å². The number of nitrogens with two attached hydrogens (primary N) is 1. The van der Waals surface area contributed by atoms with Crippen molar-refractivity contribution in [1.29, 1.82) is 0 Å². The van der Waals surface area contributed by atoms with Crippen LogP contribution < -0.4 is 16.6 Å². The quantitative estimate of drug-likeness (QED) is 0.265. The zero-order valence-corrected chi connectivity index (χ0v) is 9.79. The first-order valence-corrected chi connectivity index (χ1v) is 5.68. The Labute approximate surface area is 92.1 Å². The Morgan fingerprint density at radius 1 is 1.40 bits per heavy atom. The first kappa shape index (κ1) is 12.3. The summed E-state index contributed by atoms with van der Waals surface area (Å²) in [6.07, 6.45) is 4.04. The van der Waals surface area contributed by atoms with Crippen LogP contribution in [0.15, 0.2) is 4.99 Å². The third-order valence-electron chi connectivity index (χ3n) is 2.72. The Bertz CT molecular complexity index is 198. The number of likely N-dealkylation sites (tertiary alicyclic amines) is 1. The molecule has 1 atom stereocenters. The van der Waals surface area contributed by atoms with Crippen LogP contribution >= 0.6 is 0 Å². The Hall–Kier alpha value is -0.810. The van der Waals surface area contributed by atoms with Crippen LogP contribution in [0.4, 0.5) is 0 Å². The van der Waals surface area contributed by atoms with Gasteiger partial charge in [0, 0.05) is 19.6 Å². The third kappa shape index (κ3) is 4.48. The van der Waals surface area contributed by atoms with Gasteiger partial charge in [-0.15, -0.1) is 0 Å². The molecule has 0 aromatic heterocycles. The molecule has 0 saturated carbocycles. The van der Waals surface area contributed by atoms with Gasteiger partial charge in [-0.1, -0.05) is 6.42 Å². The average Bonchev–Trinajstić information content (AvgIpc) is 2.27. The van der Waals surface area contributed by atoms with E-state index in [9.17, 15) is 0 Å². The van der Waals surface area contributed by atoms with Crippen molar-refractivity contribution in [2.75, 3.05) is 26.7 Å². The Kier molecular flexibility index (Phi) is 5.42. The van der Waals surface area contributed by atoms with Gasteiger partial charge in [-0.3, -0.25) is 10.4 Å². The third-order valence-corrected chi connectivity index (χ3v) is 2.72. The smallest absolute Gasteiger partial charge is 0.205 e. The largest absolute Gasteiger partial charge is 0.352 e. The second-order valence-electron chi connectivity index (χ2n) is 4.12. The number of hydrazine groups is 1. The van der Waals surface area contributed by atoms with Gasteiger partial charge in [0.1, 0.15) is 0 Å². The second kappa shape index (κ2) is 6.63. The number of hydrogen-bond acceptors (Lipinski definition) is 3. The van der Waals surface area contributed by atoms with E-state index in [4.69, 9.17) is 5.84 Å². The van der Waals surface area contributed by atoms with E-state index in [0.29, 0.717) is 12.0 Å². The van der Waals surface area contributed by atoms with Crippen LogP contribution in [0.5, 0.6) is 0 Å². The number of aliphatic imine (C=N–C) groups is 1. The van der Waals surface area contributed by atoms with Crippen LogP contribution in [0.3, 0.4) is 0 Å². The predicted octanol–water partition coefficient (Wildman–Crippen LogP) is -0.100. The summed E-state index contributed by atoms with van der Waals surface area (Å²) < 4.78 is 0. The molecular weight excluding hydrogens is 190 g/mol. The maximum atomic E-state index is 5.31. The minimum absolute atomic E-state index is 0.373. The van der Waals surface area contributed by atoms with E-state index >= 15 is 0 Å². The number of piperidine rings is 1. The van der Waals surface area contributed by atoms with Crippen molar-refractivity contribution in [3.05, 3.63) is 0 Å². The van der Waals surface area contributed by atoms with Crippen molar-refractivity contribution < 1.29 is 0 Å². The zero-order chi connectivity index (χ0) is 11.1. The fourth-order valence-electron chi connectivity index (χ4n) is 1.98. The molecule has 0 bridgehead atoms. The lowest BCUT2D eigenvalue weighted by molar-refractivity contribution is 0.214. The fraction of sp³-hybridized carbons (Fsp3) is 0.900. The first-order valence-electron chi connectivity index (χ1n) is 5.68. The molecule has 0 aromatic carbocycles. The van der Waals surface area contributed by atoms with Crippen molar-refractivity contribution in [3.8, 4) is 0 Å². The van der Waals surface area contributed by atoms with Gasteiger partial charge < -0.3 is 10.2 Å². The maximum Gasteiger partial charge on any atom is 0.205 e. The number of guanidine groups is 1. The minimum Gasteiger partial charge on any atom is -0.352 e. The molecule has 0 amide bonds. The molecule has 88 valence electrons. The van der Waals surface area contributed by atoms with Gasteiger partial charge in [-0.25, -0.2) is 5.84 Å². The van der Waals surface area contributed by atoms with Crippen LogP contribution in [-0.2, 0) is 0 Å². The van der Waals surface area contributed by atoms with Crippen molar-refractivity contribution in [2.45, 2.75) is 32.2 Å². The van der Waals surface area contributed by atoms with E-state index in [2.05, 4.69) is 27.6 Å². The molecular formula is C10H23N5. The molecule has 15 heavy (non-hydrogen) atoms. The summed E-state index contributed by atoms with van der Waals surface area (Å²) in [7, 11) is 1.72. The lowest BCUT2D eigenvalue weighted by atomic mass is 10.1. The summed E-state index contributed by atoms with van der Waals surface area (Å²) in [5, 5.41) is 3.24. The van der Waals surface area contributed by atoms with Crippen LogP contribution in [0.2, 0.25) is 0 Å². The molecule has 1 aliphatic rings. The monoisotopic (exact) mass is 213 g/mol. The highest BCUT2D eigenvalue weighted by molar-refractivity contribution is 5.79. The molecule has 1 unspecified atom stereocenters. The Morgan fingerprint density at radius 3 is 2.60 bits per heavy atom. The summed E-state index contributed by atoms with van der Waals surface area (Å²) in [5.41, 5.74) is 2.54. The summed E-state index contributed by atoms with van der Waals surface area (Å²) in [4.78, 5) is 6.48. The molecule has 1 saturated heterocycles. The zero-order valence-electron chi connectivity index (χ0n) is 9.79. The van der Waals surface area contributed by atoms with E-state index in [1.165, 1.54) is 32.4 Å². The number of nitrogens with one attached hydrogen (secondary N) is 2. The molecule has 1 rings (SSSR count). The fourth-order valence-corrected chi connectivity index (χ4v) is 1.98. The summed E-state index contributed by atoms with van der Waals surface area (Å²) in [5.74, 6) is 5.96. The Morgan fingerprint density at radius 2 is 2.07 bits per heavy atom. The van der Waals surface area contributed by atoms with Crippen molar-refractivity contribution in [2.24, 2.45) is 10.8 Å². The van der Waals surface area contributed by atoms with E-state index in [1.54, 1.807) is 7.05 Å². The average molecular weight is 213 g/mol. The molecule has 0 aliphatic carbocycles. The summed E-state index contributed by atoms with van der Waals surface area (Å²) in [6.45, 7) is 5.65. The molecule has 1 heterocycles. The molecule has 0 aromatic rings. The van der Waals surface area contributed by atoms with Gasteiger partial charge in [-0.05, 0) is 32.9 Å². The van der Waals surface area contributed by atoms with Crippen molar-refractivity contribution in [3.63, 3.8) is 0 Å². The standard InChI is InChI=1S/C10H23N5/c1-9(13-10(12-2)14-11)8-15-6-4-3-5-7-15/h9H,3-8,11H2,1-2H3,(H2,12,13,14). The molecule has 0 spiro atoms. The highest BCUT2D eigenvalue weighted by Crippen LogP contribution is 2.08. The highest BCUT2D eigenvalue weighted by atomic mass is 15.3. The number of nitrogens with zero attached hydrogens (tertiary/aromatic N) is 2. The number of hydrogen-bond donors (Lipinski definition) is 3. The minimum atomic E-state index is 0.373. The first-order chi connectivity index (χ1) is 7.26. The van der Waals surface area contributed by atoms with Crippen molar-refractivity contribution in [1.82, 2.24) is 15.6 Å². The van der Waals surface area contributed by atoms with Crippen molar-refractivity contribution >= 4 is 5.96 Å². The number of rotatable bonds is 3. The maximum absolute atomic E-state index is 5.31. The van der Waals surface area contributed by atoms with E-state index < -0.39 is 0 Å². The summed E-state index contributed by atoms with van der Waals surface area (Å²) >= 11 is 0. The van der Waals surface area contributed by atoms with Gasteiger partial charge in [0.2, 0.25) is 5.96 Å². The van der Waals surface area contributed by atoms with Gasteiger partial charge in [0.05, 0.1) is 0 Å². The van der Waals surface area contributed by atoms with Gasteiger partial charge in [-0.2, -0.15) is 0 Å². The molecule has 5 heteroatoms. The lowest BCUT2D eigenvalue weighted by Crippen LogP contribution is -2.49. The van der Waals surface area contributed by atoms with E-state index in [1.807, 2.05) is 0 Å².